The second-order valence-electron chi connectivity index (χ2n) is 6.37. The first-order valence-corrected chi connectivity index (χ1v) is 8.98. The lowest BCUT2D eigenvalue weighted by Gasteiger charge is -2.23. The van der Waals surface area contributed by atoms with Crippen LogP contribution in [0.1, 0.15) is 17.7 Å². The number of hydrogen-bond acceptors (Lipinski definition) is 6. The minimum atomic E-state index is -0.211. The zero-order valence-electron chi connectivity index (χ0n) is 15.1. The van der Waals surface area contributed by atoms with Crippen LogP contribution in [0.3, 0.4) is 0 Å². The lowest BCUT2D eigenvalue weighted by atomic mass is 10.1. The Hall–Kier alpha value is -2.45. The molecule has 1 fully saturated rings. The lowest BCUT2D eigenvalue weighted by Crippen LogP contribution is -3.14. The number of rotatable bonds is 8. The average Bonchev–Trinajstić information content (AvgIpc) is 2.68. The summed E-state index contributed by atoms with van der Waals surface area (Å²) in [4.78, 5) is 16.5. The number of benzene rings is 1. The van der Waals surface area contributed by atoms with E-state index in [1.165, 1.54) is 0 Å². The highest BCUT2D eigenvalue weighted by atomic mass is 16.5. The van der Waals surface area contributed by atoms with Gasteiger partial charge in [0, 0.05) is 19.4 Å². The minimum absolute atomic E-state index is 0.211. The summed E-state index contributed by atoms with van der Waals surface area (Å²) in [5, 5.41) is 11.3. The van der Waals surface area contributed by atoms with Crippen LogP contribution < -0.4 is 20.5 Å². The molecule has 26 heavy (non-hydrogen) atoms. The van der Waals surface area contributed by atoms with Gasteiger partial charge in [-0.1, -0.05) is 12.1 Å². The minimum Gasteiger partial charge on any atom is -0.497 e. The number of morpholine rings is 1. The van der Waals surface area contributed by atoms with E-state index in [0.29, 0.717) is 18.1 Å². The van der Waals surface area contributed by atoms with E-state index in [1.54, 1.807) is 12.0 Å². The Balaban J connectivity index is 1.47. The maximum atomic E-state index is 12.2. The molecule has 0 spiro atoms. The zero-order valence-corrected chi connectivity index (χ0v) is 15.1. The zero-order chi connectivity index (χ0) is 18.2. The van der Waals surface area contributed by atoms with Crippen molar-refractivity contribution in [3.63, 3.8) is 0 Å². The molecule has 1 aromatic heterocycles. The maximum absolute atomic E-state index is 12.2. The number of ether oxygens (including phenoxy) is 2. The van der Waals surface area contributed by atoms with Crippen LogP contribution >= 0.6 is 0 Å². The predicted octanol–water partition coefficient (Wildman–Crippen LogP) is -0.519. The summed E-state index contributed by atoms with van der Waals surface area (Å²) in [7, 11) is 1.62. The molecule has 1 saturated heterocycles. The Labute approximate surface area is 152 Å². The Morgan fingerprint density at radius 2 is 2.00 bits per heavy atom. The molecule has 8 nitrogen and oxygen atoms in total. The third-order valence-electron chi connectivity index (χ3n) is 4.49. The topological polar surface area (TPSA) is 93.6 Å². The number of H-pyrrole nitrogens is 1. The number of nitrogens with one attached hydrogen (secondary N) is 3. The number of aromatic nitrogens is 3. The van der Waals surface area contributed by atoms with Gasteiger partial charge in [-0.15, -0.1) is 10.2 Å². The van der Waals surface area contributed by atoms with E-state index in [2.05, 4.69) is 20.5 Å². The van der Waals surface area contributed by atoms with Gasteiger partial charge in [-0.05, 0) is 17.7 Å². The van der Waals surface area contributed by atoms with Crippen molar-refractivity contribution in [2.75, 3.05) is 51.8 Å². The molecule has 3 N–H and O–H groups in total. The molecule has 2 heterocycles. The number of nitrogens with zero attached hydrogens (tertiary/aromatic N) is 2. The van der Waals surface area contributed by atoms with Crippen molar-refractivity contribution >= 4 is 5.95 Å². The van der Waals surface area contributed by atoms with Gasteiger partial charge in [0.05, 0.1) is 26.9 Å². The van der Waals surface area contributed by atoms with E-state index in [-0.39, 0.29) is 5.56 Å². The number of aromatic amines is 1. The fourth-order valence-corrected chi connectivity index (χ4v) is 2.95. The van der Waals surface area contributed by atoms with Gasteiger partial charge in [-0.2, -0.15) is 0 Å². The van der Waals surface area contributed by atoms with Crippen molar-refractivity contribution in [3.05, 3.63) is 45.9 Å². The molecule has 2 aromatic rings. The quantitative estimate of drug-likeness (QED) is 0.549. The van der Waals surface area contributed by atoms with E-state index >= 15 is 0 Å². The molecule has 0 atom stereocenters. The molecule has 0 saturated carbocycles. The summed E-state index contributed by atoms with van der Waals surface area (Å²) >= 11 is 0. The summed E-state index contributed by atoms with van der Waals surface area (Å²) < 4.78 is 10.5. The monoisotopic (exact) mass is 360 g/mol. The number of hydrogen-bond donors (Lipinski definition) is 3. The smallest absolute Gasteiger partial charge is 0.274 e. The summed E-state index contributed by atoms with van der Waals surface area (Å²) in [5.74, 6) is 1.21. The van der Waals surface area contributed by atoms with Gasteiger partial charge >= 0.3 is 0 Å². The van der Waals surface area contributed by atoms with E-state index in [1.807, 2.05) is 24.3 Å². The highest BCUT2D eigenvalue weighted by Gasteiger charge is 2.13. The van der Waals surface area contributed by atoms with E-state index in [0.717, 1.165) is 57.1 Å². The van der Waals surface area contributed by atoms with Crippen LogP contribution in [0.15, 0.2) is 29.1 Å². The molecule has 0 unspecified atom stereocenters. The number of quaternary nitrogens is 1. The van der Waals surface area contributed by atoms with Crippen molar-refractivity contribution in [3.8, 4) is 5.75 Å². The van der Waals surface area contributed by atoms with Crippen molar-refractivity contribution in [2.45, 2.75) is 12.8 Å². The van der Waals surface area contributed by atoms with Crippen LogP contribution in [0.2, 0.25) is 0 Å². The van der Waals surface area contributed by atoms with E-state index in [4.69, 9.17) is 9.47 Å². The van der Waals surface area contributed by atoms with Gasteiger partial charge in [0.1, 0.15) is 24.5 Å². The Morgan fingerprint density at radius 1 is 1.23 bits per heavy atom. The number of anilines is 1. The molecule has 1 aliphatic rings. The molecular formula is C18H26N5O3+. The van der Waals surface area contributed by atoms with E-state index < -0.39 is 0 Å². The summed E-state index contributed by atoms with van der Waals surface area (Å²) in [5.41, 5.74) is 1.18. The van der Waals surface area contributed by atoms with Gasteiger partial charge in [0.2, 0.25) is 5.95 Å². The SMILES string of the molecule is COc1ccc(Cc2nnc(NCCC[NH+]3CCOCC3)[nH]c2=O)cc1. The van der Waals surface area contributed by atoms with Crippen molar-refractivity contribution in [1.29, 1.82) is 0 Å². The van der Waals surface area contributed by atoms with Gasteiger partial charge in [0.15, 0.2) is 0 Å². The van der Waals surface area contributed by atoms with Crippen molar-refractivity contribution < 1.29 is 14.4 Å². The molecule has 0 bridgehead atoms. The summed E-state index contributed by atoms with van der Waals surface area (Å²) in [6, 6.07) is 7.56. The first kappa shape index (κ1) is 18.3. The second kappa shape index (κ2) is 9.30. The highest BCUT2D eigenvalue weighted by Crippen LogP contribution is 2.12. The van der Waals surface area contributed by atoms with Crippen LogP contribution in [0, 0.1) is 0 Å². The van der Waals surface area contributed by atoms with Crippen LogP contribution in [-0.2, 0) is 11.2 Å². The fourth-order valence-electron chi connectivity index (χ4n) is 2.95. The second-order valence-corrected chi connectivity index (χ2v) is 6.37. The molecule has 0 amide bonds. The summed E-state index contributed by atoms with van der Waals surface area (Å²) in [6.45, 7) is 5.66. The van der Waals surface area contributed by atoms with Crippen LogP contribution in [0.4, 0.5) is 5.95 Å². The summed E-state index contributed by atoms with van der Waals surface area (Å²) in [6.07, 6.45) is 1.44. The molecular weight excluding hydrogens is 334 g/mol. The van der Waals surface area contributed by atoms with Gasteiger partial charge in [-0.3, -0.25) is 9.78 Å². The molecule has 0 radical (unpaired) electrons. The molecule has 8 heteroatoms. The first-order chi connectivity index (χ1) is 12.7. The van der Waals surface area contributed by atoms with Gasteiger partial charge in [0.25, 0.3) is 5.56 Å². The average molecular weight is 360 g/mol. The molecule has 0 aliphatic carbocycles. The molecule has 140 valence electrons. The lowest BCUT2D eigenvalue weighted by molar-refractivity contribution is -0.908. The predicted molar refractivity (Wildman–Crippen MR) is 97.9 cm³/mol. The maximum Gasteiger partial charge on any atom is 0.274 e. The third-order valence-corrected chi connectivity index (χ3v) is 4.49. The van der Waals surface area contributed by atoms with Crippen LogP contribution in [0.5, 0.6) is 5.75 Å². The van der Waals surface area contributed by atoms with Crippen LogP contribution in [0.25, 0.3) is 0 Å². The standard InChI is InChI=1S/C18H25N5O3/c1-25-15-5-3-14(4-6-15)13-16-17(24)20-18(22-21-16)19-7-2-8-23-9-11-26-12-10-23/h3-6H,2,7-13H2,1H3,(H2,19,20,22,24)/p+1. The first-order valence-electron chi connectivity index (χ1n) is 8.98. The highest BCUT2D eigenvalue weighted by molar-refractivity contribution is 5.30. The van der Waals surface area contributed by atoms with E-state index in [9.17, 15) is 4.79 Å². The molecule has 3 rings (SSSR count). The normalized spacial score (nSPS) is 15.0. The van der Waals surface area contributed by atoms with Crippen molar-refractivity contribution in [1.82, 2.24) is 15.2 Å². The Bertz CT molecular complexity index is 741. The Kier molecular flexibility index (Phi) is 6.56. The van der Waals surface area contributed by atoms with Crippen LogP contribution in [-0.4, -0.2) is 61.7 Å². The largest absolute Gasteiger partial charge is 0.497 e. The Morgan fingerprint density at radius 3 is 2.69 bits per heavy atom. The molecule has 1 aliphatic heterocycles. The molecule has 1 aromatic carbocycles. The van der Waals surface area contributed by atoms with Crippen molar-refractivity contribution in [2.24, 2.45) is 0 Å². The fraction of sp³-hybridized carbons (Fsp3) is 0.500. The van der Waals surface area contributed by atoms with Gasteiger partial charge in [-0.25, -0.2) is 0 Å². The number of methoxy groups -OCH3 is 1. The third kappa shape index (κ3) is 5.27. The van der Waals surface area contributed by atoms with Gasteiger partial charge < -0.3 is 19.7 Å².